The van der Waals surface area contributed by atoms with Gasteiger partial charge in [0.2, 0.25) is 0 Å². The lowest BCUT2D eigenvalue weighted by molar-refractivity contribution is 0.0695. The molecule has 0 saturated carbocycles. The Morgan fingerprint density at radius 3 is 2.48 bits per heavy atom. The Hall–Kier alpha value is -2.95. The molecular weight excluding hydrogens is 268 g/mol. The van der Waals surface area contributed by atoms with E-state index in [0.29, 0.717) is 5.82 Å². The van der Waals surface area contributed by atoms with Gasteiger partial charge in [0.1, 0.15) is 12.4 Å². The van der Waals surface area contributed by atoms with Crippen LogP contribution in [0.5, 0.6) is 5.75 Å². The second kappa shape index (κ2) is 5.58. The average Bonchev–Trinajstić information content (AvgIpc) is 2.53. The lowest BCUT2D eigenvalue weighted by Crippen LogP contribution is -2.04. The van der Waals surface area contributed by atoms with Crippen LogP contribution in [-0.4, -0.2) is 21.0 Å². The Kier molecular flexibility index (Phi) is 3.47. The van der Waals surface area contributed by atoms with Crippen molar-refractivity contribution < 1.29 is 14.6 Å². The first-order chi connectivity index (χ1) is 10.2. The van der Waals surface area contributed by atoms with E-state index in [1.807, 2.05) is 42.5 Å². The minimum Gasteiger partial charge on any atom is -0.486 e. The Morgan fingerprint density at radius 1 is 1.05 bits per heavy atom. The number of benzene rings is 2. The highest BCUT2D eigenvalue weighted by Crippen LogP contribution is 2.21. The molecule has 2 aromatic carbocycles. The Bertz CT molecular complexity index is 785. The summed E-state index contributed by atoms with van der Waals surface area (Å²) in [5.41, 5.74) is 0.0597. The third kappa shape index (κ3) is 2.97. The number of hydrogen-bond acceptors (Lipinski definition) is 4. The first-order valence-corrected chi connectivity index (χ1v) is 6.38. The molecule has 5 nitrogen and oxygen atoms in total. The minimum atomic E-state index is -1.04. The molecule has 1 aromatic heterocycles. The summed E-state index contributed by atoms with van der Waals surface area (Å²) < 4.78 is 5.63. The summed E-state index contributed by atoms with van der Waals surface area (Å²) in [6, 6.07) is 13.8. The van der Waals surface area contributed by atoms with Crippen LogP contribution in [0.25, 0.3) is 10.8 Å². The predicted molar refractivity (Wildman–Crippen MR) is 77.3 cm³/mol. The molecule has 0 radical (unpaired) electrons. The summed E-state index contributed by atoms with van der Waals surface area (Å²) in [6.07, 6.45) is 2.54. The van der Waals surface area contributed by atoms with Crippen LogP contribution < -0.4 is 4.74 Å². The highest BCUT2D eigenvalue weighted by molar-refractivity contribution is 5.86. The zero-order chi connectivity index (χ0) is 14.7. The van der Waals surface area contributed by atoms with Crippen molar-refractivity contribution in [1.82, 2.24) is 9.97 Å². The van der Waals surface area contributed by atoms with Crippen molar-refractivity contribution in [3.63, 3.8) is 0 Å². The highest BCUT2D eigenvalue weighted by atomic mass is 16.5. The molecule has 0 atom stereocenters. The Labute approximate surface area is 120 Å². The molecule has 5 heteroatoms. The first kappa shape index (κ1) is 13.1. The first-order valence-electron chi connectivity index (χ1n) is 6.38. The van der Waals surface area contributed by atoms with E-state index in [2.05, 4.69) is 9.97 Å². The molecule has 0 aliphatic rings. The van der Waals surface area contributed by atoms with Crippen molar-refractivity contribution in [3.8, 4) is 5.75 Å². The standard InChI is InChI=1S/C16H12N2O3/c19-16(20)13-8-17-15(18-9-13)10-21-14-6-5-11-3-1-2-4-12(11)7-14/h1-9H,10H2,(H,19,20). The second-order valence-corrected chi connectivity index (χ2v) is 4.49. The van der Waals surface area contributed by atoms with E-state index in [0.717, 1.165) is 16.5 Å². The normalized spacial score (nSPS) is 10.5. The van der Waals surface area contributed by atoms with E-state index in [1.54, 1.807) is 0 Å². The van der Waals surface area contributed by atoms with Gasteiger partial charge in [-0.2, -0.15) is 0 Å². The fourth-order valence-corrected chi connectivity index (χ4v) is 1.94. The van der Waals surface area contributed by atoms with Crippen LogP contribution >= 0.6 is 0 Å². The Morgan fingerprint density at radius 2 is 1.76 bits per heavy atom. The molecule has 104 valence electrons. The van der Waals surface area contributed by atoms with Crippen molar-refractivity contribution >= 4 is 16.7 Å². The number of aromatic carboxylic acids is 1. The summed E-state index contributed by atoms with van der Waals surface area (Å²) in [5.74, 6) is 0.116. The smallest absolute Gasteiger partial charge is 0.338 e. The maximum Gasteiger partial charge on any atom is 0.338 e. The summed E-state index contributed by atoms with van der Waals surface area (Å²) >= 11 is 0. The van der Waals surface area contributed by atoms with Gasteiger partial charge in [0.05, 0.1) is 5.56 Å². The number of aromatic nitrogens is 2. The van der Waals surface area contributed by atoms with Crippen molar-refractivity contribution in [2.24, 2.45) is 0 Å². The number of carboxylic acid groups (broad SMARTS) is 1. The number of carboxylic acids is 1. The quantitative estimate of drug-likeness (QED) is 0.795. The van der Waals surface area contributed by atoms with Crippen LogP contribution in [0.3, 0.4) is 0 Å². The molecule has 21 heavy (non-hydrogen) atoms. The van der Waals surface area contributed by atoms with Gasteiger partial charge < -0.3 is 9.84 Å². The molecule has 0 fully saturated rings. The lowest BCUT2D eigenvalue weighted by Gasteiger charge is -2.06. The van der Waals surface area contributed by atoms with Gasteiger partial charge in [-0.05, 0) is 22.9 Å². The Balaban J connectivity index is 1.72. The zero-order valence-electron chi connectivity index (χ0n) is 11.1. The van der Waals surface area contributed by atoms with Crippen LogP contribution in [0.15, 0.2) is 54.9 Å². The SMILES string of the molecule is O=C(O)c1cnc(COc2ccc3ccccc3c2)nc1. The van der Waals surface area contributed by atoms with Gasteiger partial charge >= 0.3 is 5.97 Å². The number of rotatable bonds is 4. The zero-order valence-corrected chi connectivity index (χ0v) is 11.1. The van der Waals surface area contributed by atoms with Crippen LogP contribution in [-0.2, 0) is 6.61 Å². The van der Waals surface area contributed by atoms with Gasteiger partial charge in [-0.3, -0.25) is 0 Å². The van der Waals surface area contributed by atoms with Crippen LogP contribution in [0.4, 0.5) is 0 Å². The van der Waals surface area contributed by atoms with Crippen molar-refractivity contribution in [3.05, 3.63) is 66.2 Å². The van der Waals surface area contributed by atoms with Gasteiger partial charge in [0.15, 0.2) is 5.82 Å². The van der Waals surface area contributed by atoms with E-state index in [1.165, 1.54) is 12.4 Å². The molecule has 1 heterocycles. The van der Waals surface area contributed by atoms with Gasteiger partial charge in [-0.25, -0.2) is 14.8 Å². The predicted octanol–water partition coefficient (Wildman–Crippen LogP) is 2.91. The third-order valence-electron chi connectivity index (χ3n) is 3.04. The molecule has 0 unspecified atom stereocenters. The average molecular weight is 280 g/mol. The van der Waals surface area contributed by atoms with Crippen molar-refractivity contribution in [1.29, 1.82) is 0 Å². The van der Waals surface area contributed by atoms with E-state index in [4.69, 9.17) is 9.84 Å². The van der Waals surface area contributed by atoms with Crippen LogP contribution in [0.1, 0.15) is 16.2 Å². The molecule has 3 rings (SSSR count). The molecule has 0 amide bonds. The van der Waals surface area contributed by atoms with Gasteiger partial charge in [0.25, 0.3) is 0 Å². The highest BCUT2D eigenvalue weighted by Gasteiger charge is 2.05. The number of nitrogens with zero attached hydrogens (tertiary/aromatic N) is 2. The third-order valence-corrected chi connectivity index (χ3v) is 3.04. The van der Waals surface area contributed by atoms with E-state index < -0.39 is 5.97 Å². The molecule has 0 aliphatic heterocycles. The van der Waals surface area contributed by atoms with Gasteiger partial charge in [-0.15, -0.1) is 0 Å². The van der Waals surface area contributed by atoms with Gasteiger partial charge in [-0.1, -0.05) is 30.3 Å². The van der Waals surface area contributed by atoms with E-state index in [9.17, 15) is 4.79 Å². The van der Waals surface area contributed by atoms with Crippen molar-refractivity contribution in [2.75, 3.05) is 0 Å². The summed E-state index contributed by atoms with van der Waals surface area (Å²) in [4.78, 5) is 18.6. The minimum absolute atomic E-state index is 0.0597. The molecule has 3 aromatic rings. The van der Waals surface area contributed by atoms with E-state index >= 15 is 0 Å². The van der Waals surface area contributed by atoms with Crippen molar-refractivity contribution in [2.45, 2.75) is 6.61 Å². The number of carbonyl (C=O) groups is 1. The fourth-order valence-electron chi connectivity index (χ4n) is 1.94. The van der Waals surface area contributed by atoms with Gasteiger partial charge in [0, 0.05) is 12.4 Å². The number of ether oxygens (including phenoxy) is 1. The van der Waals surface area contributed by atoms with Crippen LogP contribution in [0, 0.1) is 0 Å². The molecular formula is C16H12N2O3. The monoisotopic (exact) mass is 280 g/mol. The molecule has 0 bridgehead atoms. The topological polar surface area (TPSA) is 72.3 Å². The second-order valence-electron chi connectivity index (χ2n) is 4.49. The summed E-state index contributed by atoms with van der Waals surface area (Å²) in [5, 5.41) is 11.0. The molecule has 0 aliphatic carbocycles. The molecule has 0 saturated heterocycles. The number of hydrogen-bond donors (Lipinski definition) is 1. The lowest BCUT2D eigenvalue weighted by atomic mass is 10.1. The largest absolute Gasteiger partial charge is 0.486 e. The maximum absolute atomic E-state index is 10.7. The number of fused-ring (bicyclic) bond motifs is 1. The fraction of sp³-hybridized carbons (Fsp3) is 0.0625. The molecule has 0 spiro atoms. The molecule has 1 N–H and O–H groups in total. The summed E-state index contributed by atoms with van der Waals surface area (Å²) in [6.45, 7) is 0.193. The maximum atomic E-state index is 10.7. The van der Waals surface area contributed by atoms with Crippen LogP contribution in [0.2, 0.25) is 0 Å². The van der Waals surface area contributed by atoms with E-state index in [-0.39, 0.29) is 12.2 Å². The summed E-state index contributed by atoms with van der Waals surface area (Å²) in [7, 11) is 0.